The first kappa shape index (κ1) is 5.93. The van der Waals surface area contributed by atoms with Crippen LogP contribution in [-0.2, 0) is 0 Å². The van der Waals surface area contributed by atoms with Crippen molar-refractivity contribution in [3.63, 3.8) is 0 Å². The first-order valence-corrected chi connectivity index (χ1v) is 2.12. The molecule has 0 rings (SSSR count). The normalized spacial score (nSPS) is 11.0. The van der Waals surface area contributed by atoms with E-state index in [4.69, 9.17) is 7.49 Å². The molecule has 0 unspecified atom stereocenters. The van der Waals surface area contributed by atoms with Crippen LogP contribution in [0.2, 0.25) is 0 Å². The predicted octanol–water partition coefficient (Wildman–Crippen LogP) is 1.00. The molecule has 1 heteroatoms. The van der Waals surface area contributed by atoms with Gasteiger partial charge in [-0.15, -0.1) is 0 Å². The van der Waals surface area contributed by atoms with Gasteiger partial charge in [0.15, 0.2) is 0 Å². The minimum atomic E-state index is 0.194. The first-order chi connectivity index (χ1) is 2.56. The van der Waals surface area contributed by atoms with Gasteiger partial charge in [-0.2, -0.15) is 0 Å². The summed E-state index contributed by atoms with van der Waals surface area (Å²) in [7, 11) is 5.18. The summed E-state index contributed by atoms with van der Waals surface area (Å²) in [6.07, 6.45) is 0. The van der Waals surface area contributed by atoms with Crippen LogP contribution < -0.4 is 0 Å². The van der Waals surface area contributed by atoms with E-state index >= 15 is 0 Å². The van der Waals surface area contributed by atoms with Crippen molar-refractivity contribution in [2.45, 2.75) is 20.8 Å². The van der Waals surface area contributed by atoms with E-state index in [0.29, 0.717) is 0 Å². The van der Waals surface area contributed by atoms with Crippen LogP contribution in [0.25, 0.3) is 0 Å². The molecule has 0 nitrogen and oxygen atoms in total. The first-order valence-electron chi connectivity index (χ1n) is 2.12. The van der Waals surface area contributed by atoms with Crippen LogP contribution >= 0.6 is 0 Å². The molecule has 0 amide bonds. The Bertz CT molecular complexity index is 49.4. The van der Waals surface area contributed by atoms with E-state index in [0.717, 1.165) is 0 Å². The zero-order valence-corrected chi connectivity index (χ0v) is 4.65. The Morgan fingerprint density at radius 2 is 1.50 bits per heavy atom. The fourth-order valence-corrected chi connectivity index (χ4v) is 0. The van der Waals surface area contributed by atoms with E-state index < -0.39 is 0 Å². The summed E-state index contributed by atoms with van der Waals surface area (Å²) in [5, 5.41) is 0. The second-order valence-electron chi connectivity index (χ2n) is 2.53. The molecule has 0 aliphatic rings. The van der Waals surface area contributed by atoms with Gasteiger partial charge in [0.2, 0.25) is 0 Å². The molecule has 0 bridgehead atoms. The third-order valence-corrected chi connectivity index (χ3v) is 0.500. The summed E-state index contributed by atoms with van der Waals surface area (Å²) < 4.78 is 0. The summed E-state index contributed by atoms with van der Waals surface area (Å²) in [5.41, 5.74) is 0.194. The van der Waals surface area contributed by atoms with Gasteiger partial charge in [-0.1, -0.05) is 0 Å². The van der Waals surface area contributed by atoms with Crippen LogP contribution in [-0.4, -0.2) is 13.5 Å². The van der Waals surface area contributed by atoms with Gasteiger partial charge in [-0.25, -0.2) is 0 Å². The van der Waals surface area contributed by atoms with Gasteiger partial charge in [0.1, 0.15) is 0 Å². The molecule has 0 atom stereocenters. The molecule has 0 spiro atoms. The summed E-state index contributed by atoms with van der Waals surface area (Å²) in [6, 6.07) is 0. The maximum atomic E-state index is 5.18. The molecular weight excluding hydrogens is 70.9 g/mol. The molecule has 0 aromatic rings. The SMILES string of the molecule is [B]=CC(C)(C)C. The molecule has 0 aromatic carbocycles. The van der Waals surface area contributed by atoms with Crippen molar-refractivity contribution in [2.75, 3.05) is 0 Å². The van der Waals surface area contributed by atoms with E-state index in [1.54, 1.807) is 5.97 Å². The third-order valence-electron chi connectivity index (χ3n) is 0.500. The fourth-order valence-electron chi connectivity index (χ4n) is 0. The number of rotatable bonds is 0. The Hall–Kier alpha value is -0.0651. The van der Waals surface area contributed by atoms with E-state index in [2.05, 4.69) is 20.8 Å². The van der Waals surface area contributed by atoms with Crippen LogP contribution in [0.15, 0.2) is 0 Å². The van der Waals surface area contributed by atoms with Crippen LogP contribution in [0.4, 0.5) is 0 Å². The summed E-state index contributed by atoms with van der Waals surface area (Å²) in [4.78, 5) is 0. The van der Waals surface area contributed by atoms with Crippen molar-refractivity contribution in [3.05, 3.63) is 0 Å². The molecule has 0 saturated heterocycles. The Balaban J connectivity index is 3.45. The van der Waals surface area contributed by atoms with E-state index in [9.17, 15) is 0 Å². The van der Waals surface area contributed by atoms with Crippen molar-refractivity contribution in [1.82, 2.24) is 0 Å². The van der Waals surface area contributed by atoms with Gasteiger partial charge < -0.3 is 0 Å². The van der Waals surface area contributed by atoms with Crippen molar-refractivity contribution in [2.24, 2.45) is 5.41 Å². The zero-order valence-electron chi connectivity index (χ0n) is 4.65. The van der Waals surface area contributed by atoms with Crippen molar-refractivity contribution < 1.29 is 0 Å². The number of hydrogen-bond donors (Lipinski definition) is 0. The Morgan fingerprint density at radius 1 is 1.33 bits per heavy atom. The standard InChI is InChI=1S/C5H10B/c1-5(2,3)4-6/h4H,1-3H3. The predicted molar refractivity (Wildman–Crippen MR) is 31.3 cm³/mol. The summed E-state index contributed by atoms with van der Waals surface area (Å²) >= 11 is 0. The third kappa shape index (κ3) is 3.93. The molecule has 33 valence electrons. The summed E-state index contributed by atoms with van der Waals surface area (Å²) in [5.74, 6) is 1.69. The molecule has 0 saturated carbocycles. The van der Waals surface area contributed by atoms with Gasteiger partial charge >= 0.3 is 39.6 Å². The van der Waals surface area contributed by atoms with E-state index in [-0.39, 0.29) is 5.41 Å². The van der Waals surface area contributed by atoms with Crippen molar-refractivity contribution in [3.8, 4) is 0 Å². The molecular formula is C5H10B. The van der Waals surface area contributed by atoms with Gasteiger partial charge in [-0.3, -0.25) is 0 Å². The van der Waals surface area contributed by atoms with Gasteiger partial charge in [0.25, 0.3) is 0 Å². The fraction of sp³-hybridized carbons (Fsp3) is 0.800. The van der Waals surface area contributed by atoms with Gasteiger partial charge in [-0.05, 0) is 0 Å². The van der Waals surface area contributed by atoms with Crippen LogP contribution in [0.1, 0.15) is 20.8 Å². The second-order valence-corrected chi connectivity index (χ2v) is 2.53. The van der Waals surface area contributed by atoms with Crippen molar-refractivity contribution in [1.29, 1.82) is 0 Å². The molecule has 0 aliphatic carbocycles. The second kappa shape index (κ2) is 1.59. The summed E-state index contributed by atoms with van der Waals surface area (Å²) in [6.45, 7) is 6.19. The van der Waals surface area contributed by atoms with Crippen LogP contribution in [0.3, 0.4) is 0 Å². The average Bonchev–Trinajstić information content (AvgIpc) is 1.35. The quantitative estimate of drug-likeness (QED) is 0.381. The molecule has 0 N–H and O–H groups in total. The van der Waals surface area contributed by atoms with Gasteiger partial charge in [0.05, 0.1) is 0 Å². The Morgan fingerprint density at radius 3 is 1.50 bits per heavy atom. The number of hydrogen-bond acceptors (Lipinski definition) is 0. The Kier molecular flexibility index (Phi) is 1.57. The minimum absolute atomic E-state index is 0.194. The van der Waals surface area contributed by atoms with Crippen molar-refractivity contribution >= 4 is 13.5 Å². The molecule has 0 heterocycles. The van der Waals surface area contributed by atoms with Crippen LogP contribution in [0, 0.1) is 5.41 Å². The Labute approximate surface area is 40.6 Å². The average molecular weight is 80.9 g/mol. The molecule has 0 fully saturated rings. The van der Waals surface area contributed by atoms with Gasteiger partial charge in [0, 0.05) is 0 Å². The van der Waals surface area contributed by atoms with Crippen LogP contribution in [0.5, 0.6) is 0 Å². The van der Waals surface area contributed by atoms with E-state index in [1.807, 2.05) is 0 Å². The zero-order chi connectivity index (χ0) is 5.21. The monoisotopic (exact) mass is 81.1 g/mol. The topological polar surface area (TPSA) is 0 Å². The molecule has 0 aromatic heterocycles. The maximum absolute atomic E-state index is 5.18. The molecule has 0 aliphatic heterocycles. The molecule has 6 heavy (non-hydrogen) atoms. The van der Waals surface area contributed by atoms with E-state index in [1.165, 1.54) is 0 Å². The molecule has 1 radical (unpaired) electrons.